The average molecular weight is 228 g/mol. The summed E-state index contributed by atoms with van der Waals surface area (Å²) in [5.41, 5.74) is 5.66. The number of esters is 1. The fourth-order valence-corrected chi connectivity index (χ4v) is 2.70. The number of methoxy groups -OCH3 is 1. The van der Waals surface area contributed by atoms with E-state index in [0.29, 0.717) is 18.5 Å². The zero-order valence-electron chi connectivity index (χ0n) is 10.6. The van der Waals surface area contributed by atoms with E-state index in [4.69, 9.17) is 10.5 Å². The molecule has 2 N–H and O–H groups in total. The van der Waals surface area contributed by atoms with Gasteiger partial charge < -0.3 is 10.5 Å². The summed E-state index contributed by atoms with van der Waals surface area (Å²) in [5.74, 6) is 0.417. The van der Waals surface area contributed by atoms with E-state index in [-0.39, 0.29) is 12.0 Å². The van der Waals surface area contributed by atoms with Gasteiger partial charge in [0.05, 0.1) is 7.11 Å². The summed E-state index contributed by atoms with van der Waals surface area (Å²) < 4.78 is 4.79. The molecule has 0 spiro atoms. The summed E-state index contributed by atoms with van der Waals surface area (Å²) in [5, 5.41) is 0. The highest BCUT2D eigenvalue weighted by Crippen LogP contribution is 2.28. The van der Waals surface area contributed by atoms with Gasteiger partial charge in [-0.2, -0.15) is 0 Å². The van der Waals surface area contributed by atoms with Crippen molar-refractivity contribution in [1.29, 1.82) is 0 Å². The van der Waals surface area contributed by atoms with Gasteiger partial charge in [0.2, 0.25) is 0 Å². The van der Waals surface area contributed by atoms with Crippen LogP contribution in [0.3, 0.4) is 0 Å². The van der Waals surface area contributed by atoms with E-state index in [0.717, 1.165) is 6.42 Å². The molecule has 0 aromatic carbocycles. The lowest BCUT2D eigenvalue weighted by Crippen LogP contribution is -2.52. The first-order chi connectivity index (χ1) is 7.61. The molecule has 1 fully saturated rings. The number of carbonyl (C=O) groups is 1. The minimum absolute atomic E-state index is 0.220. The third-order valence-corrected chi connectivity index (χ3v) is 3.78. The highest BCUT2D eigenvalue weighted by Gasteiger charge is 2.32. The van der Waals surface area contributed by atoms with Crippen LogP contribution in [0.25, 0.3) is 0 Å². The minimum atomic E-state index is -0.296. The first-order valence-electron chi connectivity index (χ1n) is 6.11. The van der Waals surface area contributed by atoms with E-state index >= 15 is 0 Å². The summed E-state index contributed by atoms with van der Waals surface area (Å²) in [6, 6.07) is 0.164. The Bertz CT molecular complexity index is 233. The maximum Gasteiger partial charge on any atom is 0.324 e. The molecule has 3 unspecified atom stereocenters. The van der Waals surface area contributed by atoms with E-state index < -0.39 is 0 Å². The number of nitrogens with zero attached hydrogens (tertiary/aromatic N) is 1. The SMILES string of the molecule is COC(=O)C(CN)N(C)C1CCCCC1C. The van der Waals surface area contributed by atoms with Crippen LogP contribution in [-0.2, 0) is 9.53 Å². The van der Waals surface area contributed by atoms with Crippen LogP contribution >= 0.6 is 0 Å². The fourth-order valence-electron chi connectivity index (χ4n) is 2.70. The number of likely N-dealkylation sites (N-methyl/N-ethyl adjacent to an activating group) is 1. The van der Waals surface area contributed by atoms with Crippen LogP contribution in [-0.4, -0.2) is 43.7 Å². The molecular weight excluding hydrogens is 204 g/mol. The Balaban J connectivity index is 2.65. The standard InChI is InChI=1S/C12H24N2O2/c1-9-6-4-5-7-10(9)14(2)11(8-13)12(15)16-3/h9-11H,4-8,13H2,1-3H3. The van der Waals surface area contributed by atoms with Crippen molar-refractivity contribution in [2.45, 2.75) is 44.7 Å². The Morgan fingerprint density at radius 3 is 2.62 bits per heavy atom. The summed E-state index contributed by atoms with van der Waals surface area (Å²) in [6.45, 7) is 2.58. The molecule has 16 heavy (non-hydrogen) atoms. The molecule has 1 rings (SSSR count). The van der Waals surface area contributed by atoms with Gasteiger partial charge in [-0.25, -0.2) is 0 Å². The molecule has 0 aromatic heterocycles. The van der Waals surface area contributed by atoms with E-state index in [1.54, 1.807) is 0 Å². The molecule has 1 aliphatic carbocycles. The molecule has 0 radical (unpaired) electrons. The van der Waals surface area contributed by atoms with E-state index in [1.165, 1.54) is 26.4 Å². The van der Waals surface area contributed by atoms with Gasteiger partial charge in [0, 0.05) is 12.6 Å². The van der Waals surface area contributed by atoms with Crippen molar-refractivity contribution in [1.82, 2.24) is 4.90 Å². The van der Waals surface area contributed by atoms with Crippen molar-refractivity contribution in [3.8, 4) is 0 Å². The van der Waals surface area contributed by atoms with Crippen molar-refractivity contribution < 1.29 is 9.53 Å². The lowest BCUT2D eigenvalue weighted by atomic mass is 9.84. The predicted octanol–water partition coefficient (Wildman–Crippen LogP) is 0.997. The Morgan fingerprint density at radius 1 is 1.50 bits per heavy atom. The van der Waals surface area contributed by atoms with Gasteiger partial charge in [-0.15, -0.1) is 0 Å². The predicted molar refractivity (Wildman–Crippen MR) is 64.0 cm³/mol. The van der Waals surface area contributed by atoms with Crippen LogP contribution in [0.2, 0.25) is 0 Å². The summed E-state index contributed by atoms with van der Waals surface area (Å²) in [7, 11) is 3.41. The summed E-state index contributed by atoms with van der Waals surface area (Å²) in [6.07, 6.45) is 4.95. The Hall–Kier alpha value is -0.610. The summed E-state index contributed by atoms with van der Waals surface area (Å²) >= 11 is 0. The number of rotatable bonds is 4. The van der Waals surface area contributed by atoms with Crippen molar-refractivity contribution in [2.75, 3.05) is 20.7 Å². The monoisotopic (exact) mass is 228 g/mol. The maximum absolute atomic E-state index is 11.6. The van der Waals surface area contributed by atoms with Gasteiger partial charge in [-0.3, -0.25) is 9.69 Å². The van der Waals surface area contributed by atoms with E-state index in [9.17, 15) is 4.79 Å². The lowest BCUT2D eigenvalue weighted by Gasteiger charge is -2.39. The van der Waals surface area contributed by atoms with Gasteiger partial charge in [-0.1, -0.05) is 19.8 Å². The second-order valence-electron chi connectivity index (χ2n) is 4.77. The van der Waals surface area contributed by atoms with E-state index in [2.05, 4.69) is 11.8 Å². The second-order valence-corrected chi connectivity index (χ2v) is 4.77. The molecule has 94 valence electrons. The Morgan fingerprint density at radius 2 is 2.12 bits per heavy atom. The Kier molecular flexibility index (Phi) is 5.22. The van der Waals surface area contributed by atoms with Gasteiger partial charge >= 0.3 is 5.97 Å². The zero-order valence-corrected chi connectivity index (χ0v) is 10.6. The van der Waals surface area contributed by atoms with Crippen LogP contribution in [0, 0.1) is 5.92 Å². The highest BCUT2D eigenvalue weighted by atomic mass is 16.5. The number of carbonyl (C=O) groups excluding carboxylic acids is 1. The molecule has 3 atom stereocenters. The van der Waals surface area contributed by atoms with Gasteiger partial charge in [0.15, 0.2) is 0 Å². The molecule has 0 amide bonds. The van der Waals surface area contributed by atoms with Crippen LogP contribution in [0.1, 0.15) is 32.6 Å². The smallest absolute Gasteiger partial charge is 0.324 e. The molecule has 4 nitrogen and oxygen atoms in total. The van der Waals surface area contributed by atoms with Crippen LogP contribution in [0.5, 0.6) is 0 Å². The number of hydrogen-bond acceptors (Lipinski definition) is 4. The van der Waals surface area contributed by atoms with Crippen molar-refractivity contribution in [3.05, 3.63) is 0 Å². The second kappa shape index (κ2) is 6.21. The summed E-state index contributed by atoms with van der Waals surface area (Å²) in [4.78, 5) is 13.7. The van der Waals surface area contributed by atoms with Crippen LogP contribution in [0.4, 0.5) is 0 Å². The normalized spacial score (nSPS) is 27.8. The van der Waals surface area contributed by atoms with Gasteiger partial charge in [0.1, 0.15) is 6.04 Å². The van der Waals surface area contributed by atoms with Crippen molar-refractivity contribution >= 4 is 5.97 Å². The molecule has 0 aliphatic heterocycles. The molecule has 1 aliphatic rings. The maximum atomic E-state index is 11.6. The number of nitrogens with two attached hydrogens (primary N) is 1. The van der Waals surface area contributed by atoms with Crippen LogP contribution in [0.15, 0.2) is 0 Å². The molecule has 0 bridgehead atoms. The number of ether oxygens (including phenoxy) is 1. The molecule has 0 saturated heterocycles. The molecule has 1 saturated carbocycles. The average Bonchev–Trinajstić information content (AvgIpc) is 2.30. The highest BCUT2D eigenvalue weighted by molar-refractivity contribution is 5.75. The third kappa shape index (κ3) is 2.95. The Labute approximate surface area is 98.1 Å². The lowest BCUT2D eigenvalue weighted by molar-refractivity contribution is -0.147. The number of hydrogen-bond donors (Lipinski definition) is 1. The quantitative estimate of drug-likeness (QED) is 0.729. The molecule has 4 heteroatoms. The van der Waals surface area contributed by atoms with Gasteiger partial charge in [-0.05, 0) is 25.8 Å². The van der Waals surface area contributed by atoms with Gasteiger partial charge in [0.25, 0.3) is 0 Å². The molecule has 0 aromatic rings. The van der Waals surface area contributed by atoms with E-state index in [1.807, 2.05) is 7.05 Å². The zero-order chi connectivity index (χ0) is 12.1. The first-order valence-corrected chi connectivity index (χ1v) is 6.11. The topological polar surface area (TPSA) is 55.6 Å². The third-order valence-electron chi connectivity index (χ3n) is 3.78. The fraction of sp³-hybridized carbons (Fsp3) is 0.917. The largest absolute Gasteiger partial charge is 0.468 e. The minimum Gasteiger partial charge on any atom is -0.468 e. The van der Waals surface area contributed by atoms with Crippen molar-refractivity contribution in [2.24, 2.45) is 11.7 Å². The molecule has 0 heterocycles. The van der Waals surface area contributed by atoms with Crippen molar-refractivity contribution in [3.63, 3.8) is 0 Å². The van der Waals surface area contributed by atoms with Crippen LogP contribution < -0.4 is 5.73 Å². The molecular formula is C12H24N2O2. The first kappa shape index (κ1) is 13.5.